The van der Waals surface area contributed by atoms with Gasteiger partial charge in [-0.25, -0.2) is 9.59 Å². The summed E-state index contributed by atoms with van der Waals surface area (Å²) >= 11 is 0. The number of esters is 2. The molecule has 0 unspecified atom stereocenters. The summed E-state index contributed by atoms with van der Waals surface area (Å²) in [5.74, 6) is 0.549. The van der Waals surface area contributed by atoms with Gasteiger partial charge < -0.3 is 19.0 Å². The van der Waals surface area contributed by atoms with Crippen molar-refractivity contribution in [1.29, 1.82) is 0 Å². The Balaban J connectivity index is 0.00000218. The third-order valence-corrected chi connectivity index (χ3v) is 3.86. The molecule has 2 aromatic carbocycles. The average Bonchev–Trinajstić information content (AvgIpc) is 2.71. The minimum Gasteiger partial charge on any atom is -0.483 e. The first-order valence-electron chi connectivity index (χ1n) is 9.02. The Hall–Kier alpha value is -3.67. The zero-order valence-electron chi connectivity index (χ0n) is 17.7. The van der Waals surface area contributed by atoms with E-state index in [1.165, 1.54) is 0 Å². The number of hydrogen-bond donors (Lipinski definition) is 0. The maximum absolute atomic E-state index is 11.6. The molecule has 0 saturated heterocycles. The summed E-state index contributed by atoms with van der Waals surface area (Å²) in [5.41, 5.74) is 0.941. The lowest BCUT2D eigenvalue weighted by Gasteiger charge is -2.27. The number of rotatable bonds is 7. The number of benzene rings is 2. The van der Waals surface area contributed by atoms with Crippen LogP contribution in [0.25, 0.3) is 0 Å². The summed E-state index contributed by atoms with van der Waals surface area (Å²) in [6, 6.07) is 13.9. The van der Waals surface area contributed by atoms with Crippen LogP contribution >= 0.6 is 0 Å². The maximum Gasteiger partial charge on any atom is 0.338 e. The van der Waals surface area contributed by atoms with Crippen LogP contribution in [0.4, 0.5) is 0 Å². The van der Waals surface area contributed by atoms with Crippen LogP contribution in [0.5, 0.6) is 17.2 Å². The molecular formula is C24H26O6. The van der Waals surface area contributed by atoms with E-state index in [2.05, 4.69) is 13.2 Å². The summed E-state index contributed by atoms with van der Waals surface area (Å²) in [6.45, 7) is 16.2. The van der Waals surface area contributed by atoms with Crippen LogP contribution in [0.15, 0.2) is 72.8 Å². The Bertz CT molecular complexity index is 908. The molecule has 158 valence electrons. The van der Waals surface area contributed by atoms with Crippen molar-refractivity contribution in [2.75, 3.05) is 0 Å². The summed E-state index contributed by atoms with van der Waals surface area (Å²) in [4.78, 5) is 31.1. The molecule has 2 aromatic rings. The van der Waals surface area contributed by atoms with Crippen molar-refractivity contribution in [3.8, 4) is 17.2 Å². The minimum atomic E-state index is -0.632. The van der Waals surface area contributed by atoms with Gasteiger partial charge in [0.2, 0.25) is 0 Å². The zero-order chi connectivity index (χ0) is 22.9. The number of carbonyl (C=O) groups is 3. The van der Waals surface area contributed by atoms with Gasteiger partial charge in [-0.15, -0.1) is 0 Å². The van der Waals surface area contributed by atoms with Crippen LogP contribution in [0.2, 0.25) is 0 Å². The van der Waals surface area contributed by atoms with Crippen molar-refractivity contribution in [3.63, 3.8) is 0 Å². The predicted octanol–water partition coefficient (Wildman–Crippen LogP) is 4.78. The molecule has 6 nitrogen and oxygen atoms in total. The molecule has 0 bridgehead atoms. The fraction of sp³-hybridized carbons (Fsp3) is 0.208. The highest BCUT2D eigenvalue weighted by Crippen LogP contribution is 2.30. The van der Waals surface area contributed by atoms with E-state index in [4.69, 9.17) is 19.0 Å². The first-order valence-corrected chi connectivity index (χ1v) is 9.02. The molecular weight excluding hydrogens is 384 g/mol. The topological polar surface area (TPSA) is 78.9 Å². The lowest BCUT2D eigenvalue weighted by molar-refractivity contribution is -0.130. The summed E-state index contributed by atoms with van der Waals surface area (Å²) in [5, 5.41) is 0. The predicted molar refractivity (Wildman–Crippen MR) is 115 cm³/mol. The largest absolute Gasteiger partial charge is 0.483 e. The van der Waals surface area contributed by atoms with Crippen LogP contribution < -0.4 is 14.2 Å². The van der Waals surface area contributed by atoms with E-state index >= 15 is 0 Å². The highest BCUT2D eigenvalue weighted by molar-refractivity contribution is 5.89. The SMILES string of the molecule is C=C(C)C(=O)Oc1ccc(OC(C)(C)c2ccc(OC(=O)C(=C)C)cc2)cc1.C=O. The first kappa shape index (κ1) is 24.4. The molecule has 0 aromatic heterocycles. The first-order chi connectivity index (χ1) is 14.1. The Morgan fingerprint density at radius 3 is 1.40 bits per heavy atom. The fourth-order valence-electron chi connectivity index (χ4n) is 2.24. The van der Waals surface area contributed by atoms with Gasteiger partial charge in [0.05, 0.1) is 0 Å². The van der Waals surface area contributed by atoms with Gasteiger partial charge in [-0.3, -0.25) is 0 Å². The second kappa shape index (κ2) is 10.8. The monoisotopic (exact) mass is 410 g/mol. The zero-order valence-corrected chi connectivity index (χ0v) is 17.7. The lowest BCUT2D eigenvalue weighted by Crippen LogP contribution is -2.25. The van der Waals surface area contributed by atoms with Crippen molar-refractivity contribution in [2.45, 2.75) is 33.3 Å². The molecule has 0 aliphatic rings. The van der Waals surface area contributed by atoms with Crippen molar-refractivity contribution in [2.24, 2.45) is 0 Å². The molecule has 6 heteroatoms. The third-order valence-electron chi connectivity index (χ3n) is 3.86. The van der Waals surface area contributed by atoms with Crippen molar-refractivity contribution >= 4 is 18.7 Å². The van der Waals surface area contributed by atoms with Gasteiger partial charge in [-0.05, 0) is 69.7 Å². The average molecular weight is 410 g/mol. The molecule has 0 saturated carbocycles. The molecule has 0 atom stereocenters. The van der Waals surface area contributed by atoms with Crippen molar-refractivity contribution in [3.05, 3.63) is 78.4 Å². The standard InChI is InChI=1S/C23H24O5.CH2O/c1-15(2)21(24)26-18-9-7-17(8-10-18)23(5,6)28-20-13-11-19(12-14-20)27-22(25)16(3)4;1-2/h7-14H,1,3H2,2,4-6H3;1H2. The second-order valence-electron chi connectivity index (χ2n) is 6.95. The maximum atomic E-state index is 11.6. The van der Waals surface area contributed by atoms with Gasteiger partial charge in [0.15, 0.2) is 0 Å². The highest BCUT2D eigenvalue weighted by Gasteiger charge is 2.23. The molecule has 2 rings (SSSR count). The number of hydrogen-bond acceptors (Lipinski definition) is 6. The Morgan fingerprint density at radius 1 is 0.700 bits per heavy atom. The van der Waals surface area contributed by atoms with E-state index in [-0.39, 0.29) is 0 Å². The number of carbonyl (C=O) groups excluding carboxylic acids is 3. The van der Waals surface area contributed by atoms with Crippen LogP contribution in [0.3, 0.4) is 0 Å². The smallest absolute Gasteiger partial charge is 0.338 e. The fourth-order valence-corrected chi connectivity index (χ4v) is 2.24. The molecule has 0 radical (unpaired) electrons. The van der Waals surface area contributed by atoms with Gasteiger partial charge >= 0.3 is 11.9 Å². The van der Waals surface area contributed by atoms with Crippen LogP contribution in [0, 0.1) is 0 Å². The van der Waals surface area contributed by atoms with Gasteiger partial charge in [0.25, 0.3) is 0 Å². The summed E-state index contributed by atoms with van der Waals surface area (Å²) < 4.78 is 16.4. The molecule has 0 fully saturated rings. The van der Waals surface area contributed by atoms with E-state index in [1.807, 2.05) is 32.8 Å². The highest BCUT2D eigenvalue weighted by atomic mass is 16.5. The van der Waals surface area contributed by atoms with Crippen LogP contribution in [-0.2, 0) is 20.0 Å². The molecule has 0 aliphatic carbocycles. The van der Waals surface area contributed by atoms with Gasteiger partial charge in [0, 0.05) is 11.1 Å². The lowest BCUT2D eigenvalue weighted by atomic mass is 9.98. The third kappa shape index (κ3) is 7.05. The second-order valence-corrected chi connectivity index (χ2v) is 6.95. The molecule has 0 amide bonds. The van der Waals surface area contributed by atoms with Gasteiger partial charge in [-0.1, -0.05) is 25.3 Å². The van der Waals surface area contributed by atoms with Crippen molar-refractivity contribution in [1.82, 2.24) is 0 Å². The van der Waals surface area contributed by atoms with E-state index in [0.29, 0.717) is 28.4 Å². The Kier molecular flexibility index (Phi) is 8.74. The summed E-state index contributed by atoms with van der Waals surface area (Å²) in [7, 11) is 0. The van der Waals surface area contributed by atoms with Gasteiger partial charge in [0.1, 0.15) is 29.6 Å². The minimum absolute atomic E-state index is 0.332. The summed E-state index contributed by atoms with van der Waals surface area (Å²) in [6.07, 6.45) is 0. The Morgan fingerprint density at radius 2 is 1.03 bits per heavy atom. The normalized spacial score (nSPS) is 10.1. The molecule has 0 aliphatic heterocycles. The molecule has 0 heterocycles. The van der Waals surface area contributed by atoms with Crippen molar-refractivity contribution < 1.29 is 28.6 Å². The van der Waals surface area contributed by atoms with E-state index in [9.17, 15) is 9.59 Å². The molecule has 0 spiro atoms. The molecule has 30 heavy (non-hydrogen) atoms. The van der Waals surface area contributed by atoms with Crippen LogP contribution in [-0.4, -0.2) is 18.7 Å². The van der Waals surface area contributed by atoms with Crippen LogP contribution in [0.1, 0.15) is 33.3 Å². The number of ether oxygens (including phenoxy) is 3. The quantitative estimate of drug-likeness (QED) is 0.371. The van der Waals surface area contributed by atoms with E-state index < -0.39 is 17.5 Å². The Labute approximate surface area is 176 Å². The molecule has 0 N–H and O–H groups in total. The van der Waals surface area contributed by atoms with E-state index in [1.54, 1.807) is 50.2 Å². The van der Waals surface area contributed by atoms with Gasteiger partial charge in [-0.2, -0.15) is 0 Å². The van der Waals surface area contributed by atoms with E-state index in [0.717, 1.165) is 5.56 Å².